The largest absolute Gasteiger partial charge is 0.394 e. The van der Waals surface area contributed by atoms with E-state index in [4.69, 9.17) is 0 Å². The van der Waals surface area contributed by atoms with Gasteiger partial charge >= 0.3 is 0 Å². The number of nitrogens with one attached hydrogen (secondary N) is 1. The molecule has 0 saturated carbocycles. The lowest BCUT2D eigenvalue weighted by Gasteiger charge is -2.21. The molecule has 2 atom stereocenters. The van der Waals surface area contributed by atoms with E-state index in [9.17, 15) is 15.0 Å². The third kappa shape index (κ3) is 10.3. The Balaban J connectivity index is 2.38. The molecule has 0 spiro atoms. The van der Waals surface area contributed by atoms with E-state index >= 15 is 0 Å². The smallest absolute Gasteiger partial charge is 0.217 e. The standard InChI is InChI=1S/C22H36N2O3/c1-3-4-5-6-7-8-9-10-11-12-14-19-15-13-16-20(24-19)22(27)21(17-25)23-18(2)26/h12-16,21-22,25,27H,3-11,17H2,1-2H3,(H,23,26)/b14-12+. The van der Waals surface area contributed by atoms with Crippen molar-refractivity contribution in [2.75, 3.05) is 6.61 Å². The minimum Gasteiger partial charge on any atom is -0.394 e. The molecule has 1 rings (SSSR count). The number of hydrogen-bond acceptors (Lipinski definition) is 4. The number of nitrogens with zero attached hydrogens (tertiary/aromatic N) is 1. The first-order valence-electron chi connectivity index (χ1n) is 10.3. The van der Waals surface area contributed by atoms with Gasteiger partial charge in [0.25, 0.3) is 0 Å². The van der Waals surface area contributed by atoms with E-state index in [2.05, 4.69) is 23.3 Å². The van der Waals surface area contributed by atoms with Gasteiger partial charge in [-0.05, 0) is 31.1 Å². The van der Waals surface area contributed by atoms with Gasteiger partial charge in [0, 0.05) is 6.92 Å². The van der Waals surface area contributed by atoms with E-state index in [0.29, 0.717) is 5.69 Å². The number of pyridine rings is 1. The SMILES string of the molecule is CCCCCCCCCC/C=C/c1cccc(C(O)C(CO)NC(C)=O)n1. The Bertz CT molecular complexity index is 560. The minimum absolute atomic E-state index is 0.297. The molecule has 3 N–H and O–H groups in total. The molecule has 1 heterocycles. The number of hydrogen-bond donors (Lipinski definition) is 3. The molecule has 0 aliphatic carbocycles. The van der Waals surface area contributed by atoms with Crippen LogP contribution in [0.25, 0.3) is 6.08 Å². The molecule has 2 unspecified atom stereocenters. The van der Waals surface area contributed by atoms with Gasteiger partial charge in [-0.15, -0.1) is 0 Å². The van der Waals surface area contributed by atoms with Gasteiger partial charge in [-0.25, -0.2) is 0 Å². The molecule has 0 aliphatic rings. The maximum absolute atomic E-state index is 11.2. The molecular weight excluding hydrogens is 340 g/mol. The quantitative estimate of drug-likeness (QED) is 0.426. The predicted octanol–water partition coefficient (Wildman–Crippen LogP) is 4.16. The normalized spacial score (nSPS) is 13.6. The summed E-state index contributed by atoms with van der Waals surface area (Å²) < 4.78 is 0. The van der Waals surface area contributed by atoms with Gasteiger partial charge in [0.2, 0.25) is 5.91 Å². The van der Waals surface area contributed by atoms with Crippen molar-refractivity contribution in [3.05, 3.63) is 35.7 Å². The Hall–Kier alpha value is -1.72. The van der Waals surface area contributed by atoms with Crippen molar-refractivity contribution in [2.45, 2.75) is 83.8 Å². The monoisotopic (exact) mass is 376 g/mol. The van der Waals surface area contributed by atoms with Crippen LogP contribution in [0, 0.1) is 0 Å². The van der Waals surface area contributed by atoms with Crippen LogP contribution < -0.4 is 5.32 Å². The van der Waals surface area contributed by atoms with Gasteiger partial charge in [-0.3, -0.25) is 9.78 Å². The molecule has 5 heteroatoms. The molecular formula is C22H36N2O3. The first-order chi connectivity index (χ1) is 13.1. The van der Waals surface area contributed by atoms with Gasteiger partial charge in [-0.1, -0.05) is 64.0 Å². The first-order valence-corrected chi connectivity index (χ1v) is 10.3. The van der Waals surface area contributed by atoms with Gasteiger partial charge in [0.1, 0.15) is 6.10 Å². The molecule has 0 fully saturated rings. The van der Waals surface area contributed by atoms with Crippen molar-refractivity contribution in [3.63, 3.8) is 0 Å². The maximum atomic E-state index is 11.2. The topological polar surface area (TPSA) is 82.5 Å². The van der Waals surface area contributed by atoms with Gasteiger partial charge in [0.05, 0.1) is 24.0 Å². The van der Waals surface area contributed by atoms with Crippen LogP contribution in [0.5, 0.6) is 0 Å². The number of aliphatic hydroxyl groups is 2. The fourth-order valence-electron chi connectivity index (χ4n) is 3.02. The lowest BCUT2D eigenvalue weighted by molar-refractivity contribution is -0.121. The maximum Gasteiger partial charge on any atom is 0.217 e. The van der Waals surface area contributed by atoms with E-state index in [0.717, 1.165) is 12.1 Å². The first kappa shape index (κ1) is 23.3. The van der Waals surface area contributed by atoms with Gasteiger partial charge < -0.3 is 15.5 Å². The van der Waals surface area contributed by atoms with E-state index in [1.165, 1.54) is 58.3 Å². The summed E-state index contributed by atoms with van der Waals surface area (Å²) in [5.41, 5.74) is 1.21. The number of allylic oxidation sites excluding steroid dienone is 1. The molecule has 152 valence electrons. The summed E-state index contributed by atoms with van der Waals surface area (Å²) in [6.07, 6.45) is 14.5. The average molecular weight is 377 g/mol. The van der Waals surface area contributed by atoms with Crippen LogP contribution in [0.1, 0.15) is 89.1 Å². The number of carbonyl (C=O) groups is 1. The summed E-state index contributed by atoms with van der Waals surface area (Å²) in [6, 6.07) is 4.65. The van der Waals surface area contributed by atoms with Crippen LogP contribution in [-0.2, 0) is 4.79 Å². The van der Waals surface area contributed by atoms with Crippen molar-refractivity contribution in [1.29, 1.82) is 0 Å². The lowest BCUT2D eigenvalue weighted by atomic mass is 10.1. The molecule has 0 aromatic carbocycles. The second-order valence-corrected chi connectivity index (χ2v) is 7.09. The Kier molecular flexibility index (Phi) is 12.4. The van der Waals surface area contributed by atoms with Crippen LogP contribution >= 0.6 is 0 Å². The fraction of sp³-hybridized carbons (Fsp3) is 0.636. The lowest BCUT2D eigenvalue weighted by Crippen LogP contribution is -2.41. The van der Waals surface area contributed by atoms with Crippen molar-refractivity contribution in [3.8, 4) is 0 Å². The van der Waals surface area contributed by atoms with Gasteiger partial charge in [-0.2, -0.15) is 0 Å². The Morgan fingerprint density at radius 1 is 1.15 bits per heavy atom. The Morgan fingerprint density at radius 3 is 2.44 bits per heavy atom. The highest BCUT2D eigenvalue weighted by Gasteiger charge is 2.22. The highest BCUT2D eigenvalue weighted by Crippen LogP contribution is 2.16. The molecule has 1 aromatic rings. The molecule has 0 radical (unpaired) electrons. The predicted molar refractivity (Wildman–Crippen MR) is 110 cm³/mol. The second kappa shape index (κ2) is 14.4. The number of rotatable bonds is 14. The van der Waals surface area contributed by atoms with Crippen LogP contribution in [-0.4, -0.2) is 33.8 Å². The molecule has 0 aliphatic heterocycles. The molecule has 27 heavy (non-hydrogen) atoms. The molecule has 0 saturated heterocycles. The zero-order valence-corrected chi connectivity index (χ0v) is 16.9. The third-order valence-corrected chi connectivity index (χ3v) is 4.57. The van der Waals surface area contributed by atoms with Crippen molar-refractivity contribution < 1.29 is 15.0 Å². The summed E-state index contributed by atoms with van der Waals surface area (Å²) in [5.74, 6) is -0.297. The van der Waals surface area contributed by atoms with E-state index in [1.54, 1.807) is 6.07 Å². The second-order valence-electron chi connectivity index (χ2n) is 7.09. The molecule has 5 nitrogen and oxygen atoms in total. The van der Waals surface area contributed by atoms with Crippen LogP contribution in [0.15, 0.2) is 24.3 Å². The van der Waals surface area contributed by atoms with Crippen molar-refractivity contribution >= 4 is 12.0 Å². The summed E-state index contributed by atoms with van der Waals surface area (Å²) in [4.78, 5) is 15.6. The number of unbranched alkanes of at least 4 members (excludes halogenated alkanes) is 8. The Labute approximate surface area is 163 Å². The number of amides is 1. The summed E-state index contributed by atoms with van der Waals surface area (Å²) >= 11 is 0. The molecule has 0 bridgehead atoms. The van der Waals surface area contributed by atoms with Crippen LogP contribution in [0.2, 0.25) is 0 Å². The van der Waals surface area contributed by atoms with Crippen LogP contribution in [0.4, 0.5) is 0 Å². The van der Waals surface area contributed by atoms with Crippen molar-refractivity contribution in [2.24, 2.45) is 0 Å². The fourth-order valence-corrected chi connectivity index (χ4v) is 3.02. The summed E-state index contributed by atoms with van der Waals surface area (Å²) in [7, 11) is 0. The number of aliphatic hydroxyl groups excluding tert-OH is 2. The summed E-state index contributed by atoms with van der Waals surface area (Å²) in [5, 5.41) is 22.2. The highest BCUT2D eigenvalue weighted by molar-refractivity contribution is 5.73. The van der Waals surface area contributed by atoms with E-state index < -0.39 is 12.1 Å². The zero-order valence-electron chi connectivity index (χ0n) is 16.9. The minimum atomic E-state index is -1.04. The molecule has 1 aromatic heterocycles. The molecule has 1 amide bonds. The zero-order chi connectivity index (χ0) is 19.9. The summed E-state index contributed by atoms with van der Waals surface area (Å²) in [6.45, 7) is 3.25. The third-order valence-electron chi connectivity index (χ3n) is 4.57. The number of carbonyl (C=O) groups excluding carboxylic acids is 1. The number of aromatic nitrogens is 1. The Morgan fingerprint density at radius 2 is 1.81 bits per heavy atom. The van der Waals surface area contributed by atoms with E-state index in [1.807, 2.05) is 18.2 Å². The average Bonchev–Trinajstić information content (AvgIpc) is 2.67. The highest BCUT2D eigenvalue weighted by atomic mass is 16.3. The van der Waals surface area contributed by atoms with Crippen molar-refractivity contribution in [1.82, 2.24) is 10.3 Å². The van der Waals surface area contributed by atoms with E-state index in [-0.39, 0.29) is 12.5 Å². The van der Waals surface area contributed by atoms with Gasteiger partial charge in [0.15, 0.2) is 0 Å². The van der Waals surface area contributed by atoms with Crippen LogP contribution in [0.3, 0.4) is 0 Å².